The van der Waals surface area contributed by atoms with Crippen LogP contribution >= 0.6 is 0 Å². The summed E-state index contributed by atoms with van der Waals surface area (Å²) >= 11 is 0. The van der Waals surface area contributed by atoms with Gasteiger partial charge in [-0.05, 0) is 45.0 Å². The number of aromatic nitrogens is 1. The molecule has 0 saturated carbocycles. The summed E-state index contributed by atoms with van der Waals surface area (Å²) < 4.78 is 2.34. The van der Waals surface area contributed by atoms with Crippen LogP contribution in [0.4, 0.5) is 0 Å². The van der Waals surface area contributed by atoms with Gasteiger partial charge in [0.05, 0.1) is 6.04 Å². The van der Waals surface area contributed by atoms with Crippen molar-refractivity contribution in [3.63, 3.8) is 0 Å². The average Bonchev–Trinajstić information content (AvgIpc) is 2.69. The van der Waals surface area contributed by atoms with Gasteiger partial charge in [-0.1, -0.05) is 6.92 Å². The highest BCUT2D eigenvalue weighted by atomic mass is 16.2. The average molecular weight is 261 g/mol. The minimum Gasteiger partial charge on any atom is -0.345 e. The fraction of sp³-hybridized carbons (Fsp3) is 0.667. The molecule has 104 valence electrons. The number of hydrogen-bond acceptors (Lipinski definition) is 2. The number of amides is 1. The van der Waals surface area contributed by atoms with E-state index in [2.05, 4.69) is 47.7 Å². The quantitative estimate of drug-likeness (QED) is 0.877. The first kappa shape index (κ1) is 12.7. The van der Waals surface area contributed by atoms with Crippen molar-refractivity contribution in [2.75, 3.05) is 19.6 Å². The zero-order valence-corrected chi connectivity index (χ0v) is 12.0. The van der Waals surface area contributed by atoms with E-state index in [1.165, 1.54) is 11.4 Å². The molecule has 0 spiro atoms. The van der Waals surface area contributed by atoms with Gasteiger partial charge in [0.15, 0.2) is 0 Å². The lowest BCUT2D eigenvalue weighted by atomic mass is 9.87. The summed E-state index contributed by atoms with van der Waals surface area (Å²) in [4.78, 5) is 14.7. The molecule has 4 nitrogen and oxygen atoms in total. The summed E-state index contributed by atoms with van der Waals surface area (Å²) in [7, 11) is 0. The van der Waals surface area contributed by atoms with E-state index in [0.29, 0.717) is 11.8 Å². The van der Waals surface area contributed by atoms with E-state index >= 15 is 0 Å². The predicted molar refractivity (Wildman–Crippen MR) is 74.8 cm³/mol. The number of carbonyl (C=O) groups is 1. The van der Waals surface area contributed by atoms with E-state index in [1.54, 1.807) is 0 Å². The van der Waals surface area contributed by atoms with Gasteiger partial charge in [0.25, 0.3) is 0 Å². The third kappa shape index (κ3) is 1.98. The van der Waals surface area contributed by atoms with Crippen molar-refractivity contribution < 1.29 is 4.79 Å². The molecule has 4 heteroatoms. The Morgan fingerprint density at radius 3 is 2.74 bits per heavy atom. The Kier molecular flexibility index (Phi) is 3.13. The zero-order chi connectivity index (χ0) is 13.6. The van der Waals surface area contributed by atoms with Crippen LogP contribution < -0.4 is 5.32 Å². The Hall–Kier alpha value is -1.29. The molecule has 1 amide bonds. The van der Waals surface area contributed by atoms with Gasteiger partial charge in [-0.2, -0.15) is 0 Å². The second-order valence-corrected chi connectivity index (χ2v) is 5.97. The molecule has 3 rings (SSSR count). The van der Waals surface area contributed by atoms with Crippen molar-refractivity contribution in [2.45, 2.75) is 33.4 Å². The van der Waals surface area contributed by atoms with Crippen LogP contribution in [0.25, 0.3) is 0 Å². The molecule has 0 aromatic carbocycles. The minimum absolute atomic E-state index is 0.145. The normalized spacial score (nSPS) is 24.8. The molecule has 1 saturated heterocycles. The van der Waals surface area contributed by atoms with Crippen LogP contribution in [0, 0.1) is 18.8 Å². The van der Waals surface area contributed by atoms with Gasteiger partial charge in [0.1, 0.15) is 0 Å². The Bertz CT molecular complexity index is 490. The molecule has 1 fully saturated rings. The fourth-order valence-electron chi connectivity index (χ4n) is 3.25. The van der Waals surface area contributed by atoms with E-state index in [0.717, 1.165) is 26.2 Å². The first-order valence-electron chi connectivity index (χ1n) is 7.27. The zero-order valence-electron chi connectivity index (χ0n) is 12.0. The number of rotatable bonds is 2. The fourth-order valence-corrected chi connectivity index (χ4v) is 3.25. The number of nitrogens with one attached hydrogen (secondary N) is 1. The van der Waals surface area contributed by atoms with Crippen LogP contribution in [0.1, 0.15) is 31.3 Å². The highest BCUT2D eigenvalue weighted by Gasteiger charge is 2.35. The van der Waals surface area contributed by atoms with Gasteiger partial charge in [-0.3, -0.25) is 4.79 Å². The molecule has 2 unspecified atom stereocenters. The molecule has 1 N–H and O–H groups in total. The molecular formula is C15H23N3O. The lowest BCUT2D eigenvalue weighted by Crippen LogP contribution is -2.52. The number of aryl methyl sites for hydroxylation is 1. The molecule has 0 aliphatic carbocycles. The van der Waals surface area contributed by atoms with Crippen LogP contribution in [0.15, 0.2) is 12.1 Å². The standard InChI is InChI=1S/C15H23N3O/c1-10-4-5-14-12(3)18(7-6-17(10)14)15(19)11(2)13-8-16-9-13/h4-5,11-13,16H,6-9H2,1-3H3. The number of carbonyl (C=O) groups excluding carboxylic acids is 1. The van der Waals surface area contributed by atoms with Gasteiger partial charge in [-0.15, -0.1) is 0 Å². The molecule has 0 radical (unpaired) electrons. The van der Waals surface area contributed by atoms with Gasteiger partial charge >= 0.3 is 0 Å². The second kappa shape index (κ2) is 4.67. The Morgan fingerprint density at radius 2 is 2.11 bits per heavy atom. The van der Waals surface area contributed by atoms with Crippen LogP contribution in [-0.2, 0) is 11.3 Å². The van der Waals surface area contributed by atoms with Crippen molar-refractivity contribution in [3.8, 4) is 0 Å². The third-order valence-corrected chi connectivity index (χ3v) is 4.89. The van der Waals surface area contributed by atoms with E-state index in [9.17, 15) is 4.79 Å². The largest absolute Gasteiger partial charge is 0.345 e. The maximum Gasteiger partial charge on any atom is 0.226 e. The SMILES string of the molecule is Cc1ccc2n1CCN(C(=O)C(C)C1CNC1)C2C. The maximum atomic E-state index is 12.6. The summed E-state index contributed by atoms with van der Waals surface area (Å²) in [5, 5.41) is 3.26. The summed E-state index contributed by atoms with van der Waals surface area (Å²) in [5.74, 6) is 0.991. The third-order valence-electron chi connectivity index (χ3n) is 4.89. The smallest absolute Gasteiger partial charge is 0.226 e. The van der Waals surface area contributed by atoms with Crippen LogP contribution in [-0.4, -0.2) is 35.0 Å². The lowest BCUT2D eigenvalue weighted by molar-refractivity contribution is -0.140. The lowest BCUT2D eigenvalue weighted by Gasteiger charge is -2.40. The van der Waals surface area contributed by atoms with E-state index < -0.39 is 0 Å². The van der Waals surface area contributed by atoms with Crippen molar-refractivity contribution in [1.29, 1.82) is 0 Å². The first-order valence-corrected chi connectivity index (χ1v) is 7.27. The van der Waals surface area contributed by atoms with Crippen LogP contribution in [0.2, 0.25) is 0 Å². The molecule has 1 aromatic rings. The number of nitrogens with zero attached hydrogens (tertiary/aromatic N) is 2. The second-order valence-electron chi connectivity index (χ2n) is 5.97. The van der Waals surface area contributed by atoms with E-state index in [-0.39, 0.29) is 12.0 Å². The van der Waals surface area contributed by atoms with E-state index in [1.807, 2.05) is 0 Å². The Morgan fingerprint density at radius 1 is 1.37 bits per heavy atom. The summed E-state index contributed by atoms with van der Waals surface area (Å²) in [6.07, 6.45) is 0. The summed E-state index contributed by atoms with van der Waals surface area (Å²) in [6.45, 7) is 10.1. The molecule has 2 aliphatic rings. The molecule has 2 atom stereocenters. The molecule has 3 heterocycles. The molecule has 1 aromatic heterocycles. The Balaban J connectivity index is 1.77. The highest BCUT2D eigenvalue weighted by molar-refractivity contribution is 5.79. The van der Waals surface area contributed by atoms with Gasteiger partial charge in [0, 0.05) is 30.4 Å². The molecule has 19 heavy (non-hydrogen) atoms. The summed E-state index contributed by atoms with van der Waals surface area (Å²) in [5.41, 5.74) is 2.57. The first-order chi connectivity index (χ1) is 9.09. The van der Waals surface area contributed by atoms with Crippen LogP contribution in [0.3, 0.4) is 0 Å². The highest BCUT2D eigenvalue weighted by Crippen LogP contribution is 2.30. The van der Waals surface area contributed by atoms with Gasteiger partial charge < -0.3 is 14.8 Å². The van der Waals surface area contributed by atoms with Crippen LogP contribution in [0.5, 0.6) is 0 Å². The topological polar surface area (TPSA) is 37.3 Å². The summed E-state index contributed by atoms with van der Waals surface area (Å²) in [6, 6.07) is 4.51. The van der Waals surface area contributed by atoms with E-state index in [4.69, 9.17) is 0 Å². The molecular weight excluding hydrogens is 238 g/mol. The number of fused-ring (bicyclic) bond motifs is 1. The maximum absolute atomic E-state index is 12.6. The number of hydrogen-bond donors (Lipinski definition) is 1. The van der Waals surface area contributed by atoms with Gasteiger partial charge in [-0.25, -0.2) is 0 Å². The molecule has 2 aliphatic heterocycles. The minimum atomic E-state index is 0.145. The van der Waals surface area contributed by atoms with Crippen molar-refractivity contribution in [1.82, 2.24) is 14.8 Å². The van der Waals surface area contributed by atoms with Crippen molar-refractivity contribution in [3.05, 3.63) is 23.5 Å². The van der Waals surface area contributed by atoms with Crippen molar-refractivity contribution >= 4 is 5.91 Å². The van der Waals surface area contributed by atoms with Crippen molar-refractivity contribution in [2.24, 2.45) is 11.8 Å². The van der Waals surface area contributed by atoms with Gasteiger partial charge in [0.2, 0.25) is 5.91 Å². The molecule has 0 bridgehead atoms. The predicted octanol–water partition coefficient (Wildman–Crippen LogP) is 1.56. The Labute approximate surface area is 114 Å². The monoisotopic (exact) mass is 261 g/mol.